The van der Waals surface area contributed by atoms with Crippen LogP contribution in [0.4, 0.5) is 4.39 Å². The quantitative estimate of drug-likeness (QED) is 0.879. The maximum absolute atomic E-state index is 12.9. The highest BCUT2D eigenvalue weighted by atomic mass is 19.1. The maximum atomic E-state index is 12.9. The van der Waals surface area contributed by atoms with Gasteiger partial charge in [0, 0.05) is 17.6 Å². The molecule has 1 unspecified atom stereocenters. The zero-order valence-corrected chi connectivity index (χ0v) is 11.8. The second kappa shape index (κ2) is 5.57. The fourth-order valence-electron chi connectivity index (χ4n) is 2.39. The molecule has 2 rings (SSSR count). The van der Waals surface area contributed by atoms with Gasteiger partial charge in [-0.2, -0.15) is 0 Å². The average molecular weight is 261 g/mol. The molecule has 2 nitrogen and oxygen atoms in total. The van der Waals surface area contributed by atoms with Crippen molar-refractivity contribution in [2.45, 2.75) is 39.8 Å². The van der Waals surface area contributed by atoms with Gasteiger partial charge in [0.15, 0.2) is 0 Å². The van der Waals surface area contributed by atoms with Crippen molar-refractivity contribution in [3.8, 4) is 0 Å². The van der Waals surface area contributed by atoms with Crippen LogP contribution in [0.2, 0.25) is 0 Å². The fourth-order valence-corrected chi connectivity index (χ4v) is 2.39. The van der Waals surface area contributed by atoms with Crippen molar-refractivity contribution in [2.75, 3.05) is 0 Å². The molecule has 3 heteroatoms. The van der Waals surface area contributed by atoms with Crippen LogP contribution in [-0.2, 0) is 0 Å². The van der Waals surface area contributed by atoms with Gasteiger partial charge in [-0.1, -0.05) is 12.1 Å². The summed E-state index contributed by atoms with van der Waals surface area (Å²) in [5.41, 5.74) is 2.25. The Morgan fingerprint density at radius 2 is 1.68 bits per heavy atom. The molecule has 0 spiro atoms. The summed E-state index contributed by atoms with van der Waals surface area (Å²) in [5, 5.41) is 3.50. The van der Waals surface area contributed by atoms with Crippen molar-refractivity contribution in [1.29, 1.82) is 0 Å². The van der Waals surface area contributed by atoms with E-state index in [1.807, 2.05) is 26.0 Å². The first-order valence-corrected chi connectivity index (χ1v) is 6.56. The highest BCUT2D eigenvalue weighted by Crippen LogP contribution is 2.24. The lowest BCUT2D eigenvalue weighted by Crippen LogP contribution is -2.22. The van der Waals surface area contributed by atoms with Gasteiger partial charge in [-0.25, -0.2) is 4.39 Å². The van der Waals surface area contributed by atoms with Crippen molar-refractivity contribution in [3.63, 3.8) is 0 Å². The Kier molecular flexibility index (Phi) is 4.05. The topological polar surface area (TPSA) is 25.2 Å². The van der Waals surface area contributed by atoms with Crippen LogP contribution < -0.4 is 5.32 Å². The number of hydrogen-bond acceptors (Lipinski definition) is 2. The SMILES string of the molecule is Cc1cc(C(C)N[C@@H](C)c2ccc(F)cc2)c(C)o1. The normalized spacial score (nSPS) is 14.4. The molecule has 1 aromatic heterocycles. The zero-order valence-electron chi connectivity index (χ0n) is 11.8. The van der Waals surface area contributed by atoms with Gasteiger partial charge in [-0.05, 0) is 51.5 Å². The lowest BCUT2D eigenvalue weighted by molar-refractivity contribution is 0.468. The lowest BCUT2D eigenvalue weighted by atomic mass is 10.0. The summed E-state index contributed by atoms with van der Waals surface area (Å²) in [7, 11) is 0. The predicted molar refractivity (Wildman–Crippen MR) is 74.5 cm³/mol. The molecule has 1 N–H and O–H groups in total. The van der Waals surface area contributed by atoms with Gasteiger partial charge in [0.05, 0.1) is 0 Å². The molecule has 0 saturated heterocycles. The van der Waals surface area contributed by atoms with Crippen LogP contribution >= 0.6 is 0 Å². The van der Waals surface area contributed by atoms with E-state index < -0.39 is 0 Å². The van der Waals surface area contributed by atoms with Crippen molar-refractivity contribution >= 4 is 0 Å². The first-order chi connectivity index (χ1) is 8.97. The number of hydrogen-bond donors (Lipinski definition) is 1. The molecule has 0 bridgehead atoms. The molecule has 102 valence electrons. The summed E-state index contributed by atoms with van der Waals surface area (Å²) in [6.07, 6.45) is 0. The second-order valence-corrected chi connectivity index (χ2v) is 5.03. The van der Waals surface area contributed by atoms with Crippen molar-refractivity contribution in [3.05, 3.63) is 58.8 Å². The second-order valence-electron chi connectivity index (χ2n) is 5.03. The van der Waals surface area contributed by atoms with Gasteiger partial charge >= 0.3 is 0 Å². The van der Waals surface area contributed by atoms with Crippen LogP contribution in [0.3, 0.4) is 0 Å². The van der Waals surface area contributed by atoms with Crippen LogP contribution in [0.15, 0.2) is 34.7 Å². The summed E-state index contributed by atoms with van der Waals surface area (Å²) >= 11 is 0. The van der Waals surface area contributed by atoms with E-state index in [4.69, 9.17) is 4.42 Å². The van der Waals surface area contributed by atoms with E-state index in [9.17, 15) is 4.39 Å². The molecule has 1 heterocycles. The van der Waals surface area contributed by atoms with Crippen molar-refractivity contribution in [1.82, 2.24) is 5.32 Å². The predicted octanol–water partition coefficient (Wildman–Crippen LogP) is 4.45. The van der Waals surface area contributed by atoms with Gasteiger partial charge in [-0.3, -0.25) is 0 Å². The van der Waals surface area contributed by atoms with Crippen LogP contribution in [-0.4, -0.2) is 0 Å². The lowest BCUT2D eigenvalue weighted by Gasteiger charge is -2.20. The Morgan fingerprint density at radius 3 is 2.21 bits per heavy atom. The Balaban J connectivity index is 2.08. The van der Waals surface area contributed by atoms with E-state index in [0.29, 0.717) is 0 Å². The van der Waals surface area contributed by atoms with E-state index >= 15 is 0 Å². The van der Waals surface area contributed by atoms with Crippen molar-refractivity contribution in [2.24, 2.45) is 0 Å². The molecule has 2 aromatic rings. The molecule has 0 aliphatic rings. The Morgan fingerprint density at radius 1 is 1.05 bits per heavy atom. The Hall–Kier alpha value is -1.61. The first kappa shape index (κ1) is 13.8. The van der Waals surface area contributed by atoms with E-state index in [1.54, 1.807) is 0 Å². The molecule has 0 amide bonds. The summed E-state index contributed by atoms with van der Waals surface area (Å²) < 4.78 is 18.4. The molecule has 0 aliphatic heterocycles. The molecular weight excluding hydrogens is 241 g/mol. The standard InChI is InChI=1S/C16H20FNO/c1-10-9-16(13(4)19-10)12(3)18-11(2)14-5-7-15(17)8-6-14/h5-9,11-12,18H,1-4H3/t11-,12?/m0/s1. The summed E-state index contributed by atoms with van der Waals surface area (Å²) in [6, 6.07) is 9.02. The highest BCUT2D eigenvalue weighted by molar-refractivity contribution is 5.25. The fraction of sp³-hybridized carbons (Fsp3) is 0.375. The van der Waals surface area contributed by atoms with Gasteiger partial charge in [0.1, 0.15) is 17.3 Å². The van der Waals surface area contributed by atoms with Gasteiger partial charge < -0.3 is 9.73 Å². The van der Waals surface area contributed by atoms with Crippen LogP contribution in [0.1, 0.15) is 48.6 Å². The molecule has 0 radical (unpaired) electrons. The molecule has 0 fully saturated rings. The van der Waals surface area contributed by atoms with E-state index in [-0.39, 0.29) is 17.9 Å². The summed E-state index contributed by atoms with van der Waals surface area (Å²) in [5.74, 6) is 1.67. The minimum absolute atomic E-state index is 0.158. The molecule has 0 saturated carbocycles. The number of halogens is 1. The molecule has 0 aliphatic carbocycles. The van der Waals surface area contributed by atoms with Gasteiger partial charge in [0.2, 0.25) is 0 Å². The number of aryl methyl sites for hydroxylation is 2. The maximum Gasteiger partial charge on any atom is 0.123 e. The third-order valence-corrected chi connectivity index (χ3v) is 3.42. The number of rotatable bonds is 4. The summed E-state index contributed by atoms with van der Waals surface area (Å²) in [6.45, 7) is 8.11. The largest absolute Gasteiger partial charge is 0.466 e. The molecule has 2 atom stereocenters. The monoisotopic (exact) mass is 261 g/mol. The summed E-state index contributed by atoms with van der Waals surface area (Å²) in [4.78, 5) is 0. The van der Waals surface area contributed by atoms with E-state index in [1.165, 1.54) is 17.7 Å². The highest BCUT2D eigenvalue weighted by Gasteiger charge is 2.15. The van der Waals surface area contributed by atoms with Crippen molar-refractivity contribution < 1.29 is 8.81 Å². The van der Waals surface area contributed by atoms with Crippen LogP contribution in [0.25, 0.3) is 0 Å². The smallest absolute Gasteiger partial charge is 0.123 e. The van der Waals surface area contributed by atoms with E-state index in [0.717, 1.165) is 17.1 Å². The minimum Gasteiger partial charge on any atom is -0.466 e. The van der Waals surface area contributed by atoms with Gasteiger partial charge in [0.25, 0.3) is 0 Å². The van der Waals surface area contributed by atoms with Crippen LogP contribution in [0, 0.1) is 19.7 Å². The third kappa shape index (κ3) is 3.24. The molecular formula is C16H20FNO. The number of benzene rings is 1. The third-order valence-electron chi connectivity index (χ3n) is 3.42. The Labute approximate surface area is 113 Å². The van der Waals surface area contributed by atoms with Crippen LogP contribution in [0.5, 0.6) is 0 Å². The minimum atomic E-state index is -0.203. The zero-order chi connectivity index (χ0) is 14.0. The first-order valence-electron chi connectivity index (χ1n) is 6.56. The van der Waals surface area contributed by atoms with E-state index in [2.05, 4.69) is 25.2 Å². The average Bonchev–Trinajstić information content (AvgIpc) is 2.69. The Bertz CT molecular complexity index is 544. The molecule has 19 heavy (non-hydrogen) atoms. The number of furan rings is 1. The molecule has 1 aromatic carbocycles. The number of nitrogens with one attached hydrogen (secondary N) is 1. The van der Waals surface area contributed by atoms with Gasteiger partial charge in [-0.15, -0.1) is 0 Å².